The molecule has 0 aromatic heterocycles. The van der Waals surface area contributed by atoms with Crippen molar-refractivity contribution in [3.8, 4) is 11.1 Å². The van der Waals surface area contributed by atoms with Crippen LogP contribution in [0.4, 0.5) is 0 Å². The number of hydrogen-bond acceptors (Lipinski definition) is 0. The number of rotatable bonds is 2. The Kier molecular flexibility index (Phi) is 2.59. The molecule has 1 aliphatic rings. The highest BCUT2D eigenvalue weighted by Crippen LogP contribution is 2.50. The Hall–Kier alpha value is -1.08. The molecule has 86 valence electrons. The first-order chi connectivity index (χ1) is 8.27. The fourth-order valence-electron chi connectivity index (χ4n) is 3.00. The molecule has 1 heteroatoms. The first-order valence-electron chi connectivity index (χ1n) is 6.03. The molecule has 0 amide bonds. The van der Waals surface area contributed by atoms with Crippen molar-refractivity contribution in [2.75, 3.05) is 5.33 Å². The lowest BCUT2D eigenvalue weighted by atomic mass is 9.78. The lowest BCUT2D eigenvalue weighted by Gasteiger charge is -2.26. The highest BCUT2D eigenvalue weighted by atomic mass is 79.9. The van der Waals surface area contributed by atoms with Gasteiger partial charge in [-0.3, -0.25) is 0 Å². The molecule has 0 saturated carbocycles. The van der Waals surface area contributed by atoms with Crippen LogP contribution in [0.5, 0.6) is 0 Å². The Morgan fingerprint density at radius 3 is 1.82 bits per heavy atom. The molecule has 3 rings (SSSR count). The second-order valence-electron chi connectivity index (χ2n) is 4.86. The van der Waals surface area contributed by atoms with Crippen molar-refractivity contribution in [3.05, 3.63) is 59.7 Å². The number of benzene rings is 2. The molecule has 0 heterocycles. The molecule has 1 aliphatic carbocycles. The van der Waals surface area contributed by atoms with Gasteiger partial charge in [0.05, 0.1) is 0 Å². The molecular weight excluding hydrogens is 272 g/mol. The molecule has 17 heavy (non-hydrogen) atoms. The second kappa shape index (κ2) is 3.99. The summed E-state index contributed by atoms with van der Waals surface area (Å²) in [5.41, 5.74) is 5.93. The summed E-state index contributed by atoms with van der Waals surface area (Å²) in [5, 5.41) is 1.03. The molecule has 0 saturated heterocycles. The Bertz CT molecular complexity index is 511. The van der Waals surface area contributed by atoms with E-state index in [2.05, 4.69) is 71.4 Å². The lowest BCUT2D eigenvalue weighted by Crippen LogP contribution is -2.21. The van der Waals surface area contributed by atoms with E-state index >= 15 is 0 Å². The summed E-state index contributed by atoms with van der Waals surface area (Å²) in [6.07, 6.45) is 1.14. The summed E-state index contributed by atoms with van der Waals surface area (Å²) in [4.78, 5) is 0. The summed E-state index contributed by atoms with van der Waals surface area (Å²) >= 11 is 3.60. The molecule has 2 aromatic carbocycles. The van der Waals surface area contributed by atoms with Gasteiger partial charge in [-0.15, -0.1) is 0 Å². The minimum atomic E-state index is 0.163. The first kappa shape index (κ1) is 11.0. The molecule has 2 aromatic rings. The Balaban J connectivity index is 2.31. The predicted octanol–water partition coefficient (Wildman–Crippen LogP) is 4.76. The minimum Gasteiger partial charge on any atom is -0.0928 e. The van der Waals surface area contributed by atoms with E-state index in [9.17, 15) is 0 Å². The molecule has 0 spiro atoms. The SMILES string of the molecule is CC1(CCBr)c2ccccc2-c2ccccc21. The quantitative estimate of drug-likeness (QED) is 0.699. The van der Waals surface area contributed by atoms with Crippen LogP contribution in [0.2, 0.25) is 0 Å². The summed E-state index contributed by atoms with van der Waals surface area (Å²) in [5.74, 6) is 0. The van der Waals surface area contributed by atoms with E-state index in [4.69, 9.17) is 0 Å². The number of alkyl halides is 1. The van der Waals surface area contributed by atoms with Crippen LogP contribution in [0.1, 0.15) is 24.5 Å². The van der Waals surface area contributed by atoms with Crippen molar-refractivity contribution >= 4 is 15.9 Å². The van der Waals surface area contributed by atoms with E-state index < -0.39 is 0 Å². The van der Waals surface area contributed by atoms with Crippen LogP contribution in [-0.2, 0) is 5.41 Å². The van der Waals surface area contributed by atoms with Gasteiger partial charge in [-0.25, -0.2) is 0 Å². The molecule has 0 N–H and O–H groups in total. The number of halogens is 1. The van der Waals surface area contributed by atoms with E-state index in [0.29, 0.717) is 0 Å². The molecular formula is C16H15Br. The predicted molar refractivity (Wildman–Crippen MR) is 76.7 cm³/mol. The summed E-state index contributed by atoms with van der Waals surface area (Å²) < 4.78 is 0. The van der Waals surface area contributed by atoms with E-state index in [-0.39, 0.29) is 5.41 Å². The van der Waals surface area contributed by atoms with E-state index in [1.807, 2.05) is 0 Å². The Morgan fingerprint density at radius 2 is 1.35 bits per heavy atom. The van der Waals surface area contributed by atoms with Crippen molar-refractivity contribution in [1.29, 1.82) is 0 Å². The third-order valence-electron chi connectivity index (χ3n) is 3.93. The molecule has 0 bridgehead atoms. The van der Waals surface area contributed by atoms with Gasteiger partial charge in [-0.2, -0.15) is 0 Å². The maximum Gasteiger partial charge on any atom is 0.0194 e. The fraction of sp³-hybridized carbons (Fsp3) is 0.250. The Morgan fingerprint density at radius 1 is 0.882 bits per heavy atom. The zero-order valence-electron chi connectivity index (χ0n) is 9.91. The van der Waals surface area contributed by atoms with Crippen LogP contribution in [-0.4, -0.2) is 5.33 Å². The van der Waals surface area contributed by atoms with Gasteiger partial charge in [0, 0.05) is 10.7 Å². The van der Waals surface area contributed by atoms with E-state index in [1.165, 1.54) is 22.3 Å². The van der Waals surface area contributed by atoms with Gasteiger partial charge in [-0.1, -0.05) is 71.4 Å². The van der Waals surface area contributed by atoms with Crippen molar-refractivity contribution in [3.63, 3.8) is 0 Å². The van der Waals surface area contributed by atoms with Crippen LogP contribution >= 0.6 is 15.9 Å². The average Bonchev–Trinajstić information content (AvgIpc) is 2.62. The third kappa shape index (κ3) is 1.49. The van der Waals surface area contributed by atoms with Crippen LogP contribution in [0.25, 0.3) is 11.1 Å². The zero-order valence-corrected chi connectivity index (χ0v) is 11.5. The molecule has 0 radical (unpaired) electrons. The normalized spacial score (nSPS) is 15.4. The highest BCUT2D eigenvalue weighted by molar-refractivity contribution is 9.09. The van der Waals surface area contributed by atoms with Crippen molar-refractivity contribution < 1.29 is 0 Å². The molecule has 0 fully saturated rings. The zero-order chi connectivity index (χ0) is 11.9. The van der Waals surface area contributed by atoms with Gasteiger partial charge in [0.2, 0.25) is 0 Å². The molecule has 0 unspecified atom stereocenters. The van der Waals surface area contributed by atoms with Gasteiger partial charge in [0.25, 0.3) is 0 Å². The Labute approximate surface area is 111 Å². The van der Waals surface area contributed by atoms with E-state index in [1.54, 1.807) is 0 Å². The van der Waals surface area contributed by atoms with Crippen molar-refractivity contribution in [2.45, 2.75) is 18.8 Å². The summed E-state index contributed by atoms with van der Waals surface area (Å²) in [7, 11) is 0. The maximum absolute atomic E-state index is 3.60. The topological polar surface area (TPSA) is 0 Å². The monoisotopic (exact) mass is 286 g/mol. The van der Waals surface area contributed by atoms with Gasteiger partial charge >= 0.3 is 0 Å². The lowest BCUT2D eigenvalue weighted by molar-refractivity contribution is 0.571. The van der Waals surface area contributed by atoms with Crippen LogP contribution in [0, 0.1) is 0 Å². The smallest absolute Gasteiger partial charge is 0.0194 e. The number of fused-ring (bicyclic) bond motifs is 3. The second-order valence-corrected chi connectivity index (χ2v) is 5.66. The summed E-state index contributed by atoms with van der Waals surface area (Å²) in [6, 6.07) is 17.6. The third-order valence-corrected chi connectivity index (χ3v) is 4.32. The molecule has 0 aliphatic heterocycles. The maximum atomic E-state index is 3.60. The van der Waals surface area contributed by atoms with Gasteiger partial charge in [0.1, 0.15) is 0 Å². The highest BCUT2D eigenvalue weighted by Gasteiger charge is 2.37. The van der Waals surface area contributed by atoms with Gasteiger partial charge in [0.15, 0.2) is 0 Å². The standard InChI is InChI=1S/C16H15Br/c1-16(10-11-17)14-8-4-2-6-12(14)13-7-3-5-9-15(13)16/h2-9H,10-11H2,1H3. The molecule has 0 atom stereocenters. The summed E-state index contributed by atoms with van der Waals surface area (Å²) in [6.45, 7) is 2.36. The van der Waals surface area contributed by atoms with Crippen LogP contribution < -0.4 is 0 Å². The van der Waals surface area contributed by atoms with Crippen LogP contribution in [0.3, 0.4) is 0 Å². The minimum absolute atomic E-state index is 0.163. The molecule has 0 nitrogen and oxygen atoms in total. The van der Waals surface area contributed by atoms with E-state index in [0.717, 1.165) is 11.8 Å². The van der Waals surface area contributed by atoms with Crippen LogP contribution in [0.15, 0.2) is 48.5 Å². The van der Waals surface area contributed by atoms with Gasteiger partial charge < -0.3 is 0 Å². The fourth-order valence-corrected chi connectivity index (χ4v) is 3.79. The van der Waals surface area contributed by atoms with Gasteiger partial charge in [-0.05, 0) is 28.7 Å². The number of hydrogen-bond donors (Lipinski definition) is 0. The first-order valence-corrected chi connectivity index (χ1v) is 7.15. The average molecular weight is 287 g/mol. The largest absolute Gasteiger partial charge is 0.0928 e. The van der Waals surface area contributed by atoms with Crippen molar-refractivity contribution in [1.82, 2.24) is 0 Å². The van der Waals surface area contributed by atoms with Crippen molar-refractivity contribution in [2.24, 2.45) is 0 Å².